The van der Waals surface area contributed by atoms with E-state index in [1.807, 2.05) is 6.92 Å². The van der Waals surface area contributed by atoms with Crippen LogP contribution in [0.1, 0.15) is 21.6 Å². The summed E-state index contributed by atoms with van der Waals surface area (Å²) in [7, 11) is 0. The summed E-state index contributed by atoms with van der Waals surface area (Å²) in [6.45, 7) is 3.11. The minimum absolute atomic E-state index is 0.0898. The molecule has 0 aliphatic carbocycles. The maximum Gasteiger partial charge on any atom is 0.263 e. The summed E-state index contributed by atoms with van der Waals surface area (Å²) < 4.78 is 0. The number of thiazole rings is 1. The zero-order valence-corrected chi connectivity index (χ0v) is 11.4. The fourth-order valence-corrected chi connectivity index (χ4v) is 2.18. The summed E-state index contributed by atoms with van der Waals surface area (Å²) in [5, 5.41) is 6.81. The highest BCUT2D eigenvalue weighted by atomic mass is 32.1. The molecular weight excluding hydrogens is 262 g/mol. The molecule has 0 spiro atoms. The Labute approximate surface area is 115 Å². The van der Waals surface area contributed by atoms with Gasteiger partial charge < -0.3 is 10.6 Å². The normalized spacial score (nSPS) is 10.2. The fraction of sp³-hybridized carbons (Fsp3) is 0.333. The molecule has 0 aromatic carbocycles. The smallest absolute Gasteiger partial charge is 0.263 e. The number of rotatable bonds is 6. The molecule has 0 atom stereocenters. The van der Waals surface area contributed by atoms with Gasteiger partial charge in [-0.2, -0.15) is 0 Å². The van der Waals surface area contributed by atoms with E-state index in [0.29, 0.717) is 23.9 Å². The molecule has 0 aliphatic rings. The van der Waals surface area contributed by atoms with Gasteiger partial charge in [0.2, 0.25) is 5.95 Å². The van der Waals surface area contributed by atoms with Crippen molar-refractivity contribution in [2.75, 3.05) is 18.4 Å². The molecule has 0 radical (unpaired) electrons. The van der Waals surface area contributed by atoms with E-state index in [9.17, 15) is 4.79 Å². The molecule has 0 fully saturated rings. The molecule has 6 nitrogen and oxygen atoms in total. The average molecular weight is 277 g/mol. The lowest BCUT2D eigenvalue weighted by molar-refractivity contribution is 0.0959. The minimum Gasteiger partial charge on any atom is -0.352 e. The van der Waals surface area contributed by atoms with Crippen molar-refractivity contribution in [3.63, 3.8) is 0 Å². The predicted octanol–water partition coefficient (Wildman–Crippen LogP) is 1.34. The van der Waals surface area contributed by atoms with Gasteiger partial charge in [0.05, 0.1) is 11.2 Å². The second-order valence-electron chi connectivity index (χ2n) is 3.73. The number of hydrogen-bond donors (Lipinski definition) is 2. The van der Waals surface area contributed by atoms with Crippen molar-refractivity contribution >= 4 is 23.2 Å². The van der Waals surface area contributed by atoms with Gasteiger partial charge >= 0.3 is 0 Å². The van der Waals surface area contributed by atoms with Crippen molar-refractivity contribution < 1.29 is 4.79 Å². The van der Waals surface area contributed by atoms with Crippen LogP contribution in [0.15, 0.2) is 24.7 Å². The van der Waals surface area contributed by atoms with Crippen molar-refractivity contribution in [2.24, 2.45) is 0 Å². The number of anilines is 1. The molecule has 19 heavy (non-hydrogen) atoms. The summed E-state index contributed by atoms with van der Waals surface area (Å²) in [6.07, 6.45) is 5.80. The molecule has 2 rings (SSSR count). The highest BCUT2D eigenvalue weighted by Gasteiger charge is 2.08. The SMILES string of the molecule is CCc1ncc(C(=O)NCCNc2ncccn2)s1. The first-order valence-corrected chi connectivity index (χ1v) is 6.85. The third-order valence-electron chi connectivity index (χ3n) is 2.34. The number of aromatic nitrogens is 3. The summed E-state index contributed by atoms with van der Waals surface area (Å²) in [4.78, 5) is 24.6. The van der Waals surface area contributed by atoms with Gasteiger partial charge in [-0.15, -0.1) is 11.3 Å². The lowest BCUT2D eigenvalue weighted by Crippen LogP contribution is -2.28. The van der Waals surface area contributed by atoms with Crippen LogP contribution in [-0.4, -0.2) is 33.9 Å². The average Bonchev–Trinajstić information content (AvgIpc) is 2.93. The minimum atomic E-state index is -0.0898. The number of aryl methyl sites for hydroxylation is 1. The number of hydrogen-bond acceptors (Lipinski definition) is 6. The third-order valence-corrected chi connectivity index (χ3v) is 3.48. The number of carbonyl (C=O) groups excluding carboxylic acids is 1. The summed E-state index contributed by atoms with van der Waals surface area (Å²) >= 11 is 1.43. The van der Waals surface area contributed by atoms with E-state index in [2.05, 4.69) is 25.6 Å². The van der Waals surface area contributed by atoms with Gasteiger partial charge in [-0.05, 0) is 12.5 Å². The van der Waals surface area contributed by atoms with Crippen LogP contribution >= 0.6 is 11.3 Å². The van der Waals surface area contributed by atoms with Crippen molar-refractivity contribution in [1.82, 2.24) is 20.3 Å². The number of nitrogens with one attached hydrogen (secondary N) is 2. The van der Waals surface area contributed by atoms with Crippen molar-refractivity contribution in [3.05, 3.63) is 34.5 Å². The summed E-state index contributed by atoms with van der Waals surface area (Å²) in [6, 6.07) is 1.75. The van der Waals surface area contributed by atoms with Crippen molar-refractivity contribution in [3.8, 4) is 0 Å². The van der Waals surface area contributed by atoms with Gasteiger partial charge in [0, 0.05) is 25.5 Å². The van der Waals surface area contributed by atoms with Crippen LogP contribution in [0.3, 0.4) is 0 Å². The Kier molecular flexibility index (Phi) is 4.79. The van der Waals surface area contributed by atoms with Crippen LogP contribution in [0.2, 0.25) is 0 Å². The Morgan fingerprint density at radius 2 is 2.05 bits per heavy atom. The van der Waals surface area contributed by atoms with Crippen LogP contribution in [0.25, 0.3) is 0 Å². The van der Waals surface area contributed by atoms with E-state index in [4.69, 9.17) is 0 Å². The number of nitrogens with zero attached hydrogens (tertiary/aromatic N) is 3. The molecule has 0 unspecified atom stereocenters. The largest absolute Gasteiger partial charge is 0.352 e. The first kappa shape index (κ1) is 13.4. The first-order chi connectivity index (χ1) is 9.29. The topological polar surface area (TPSA) is 79.8 Å². The maximum absolute atomic E-state index is 11.8. The van der Waals surface area contributed by atoms with E-state index in [0.717, 1.165) is 11.4 Å². The molecule has 0 saturated carbocycles. The Morgan fingerprint density at radius 1 is 1.26 bits per heavy atom. The Morgan fingerprint density at radius 3 is 2.74 bits per heavy atom. The van der Waals surface area contributed by atoms with Gasteiger partial charge in [0.15, 0.2) is 0 Å². The van der Waals surface area contributed by atoms with Gasteiger partial charge in [0.1, 0.15) is 4.88 Å². The lowest BCUT2D eigenvalue weighted by Gasteiger charge is -2.05. The molecule has 1 amide bonds. The number of carbonyl (C=O) groups is 1. The zero-order chi connectivity index (χ0) is 13.5. The first-order valence-electron chi connectivity index (χ1n) is 6.03. The highest BCUT2D eigenvalue weighted by molar-refractivity contribution is 7.13. The molecule has 2 aromatic heterocycles. The van der Waals surface area contributed by atoms with E-state index in [-0.39, 0.29) is 5.91 Å². The molecule has 7 heteroatoms. The van der Waals surface area contributed by atoms with E-state index in [1.165, 1.54) is 11.3 Å². The third kappa shape index (κ3) is 3.99. The lowest BCUT2D eigenvalue weighted by atomic mass is 10.5. The van der Waals surface area contributed by atoms with Crippen LogP contribution in [0, 0.1) is 0 Å². The van der Waals surface area contributed by atoms with E-state index < -0.39 is 0 Å². The van der Waals surface area contributed by atoms with Crippen LogP contribution in [0.5, 0.6) is 0 Å². The monoisotopic (exact) mass is 277 g/mol. The van der Waals surface area contributed by atoms with Crippen molar-refractivity contribution in [2.45, 2.75) is 13.3 Å². The quantitative estimate of drug-likeness (QED) is 0.779. The second-order valence-corrected chi connectivity index (χ2v) is 4.84. The van der Waals surface area contributed by atoms with Gasteiger partial charge in [0.25, 0.3) is 5.91 Å². The Balaban J connectivity index is 1.72. The summed E-state index contributed by atoms with van der Waals surface area (Å²) in [5.41, 5.74) is 0. The molecule has 2 aromatic rings. The molecule has 0 bridgehead atoms. The van der Waals surface area contributed by atoms with E-state index >= 15 is 0 Å². The Bertz CT molecular complexity index is 528. The Hall–Kier alpha value is -2.02. The number of amides is 1. The van der Waals surface area contributed by atoms with Gasteiger partial charge in [-0.25, -0.2) is 15.0 Å². The standard InChI is InChI=1S/C12H15N5OS/c1-2-10-17-8-9(19-10)11(18)13-6-7-16-12-14-4-3-5-15-12/h3-5,8H,2,6-7H2,1H3,(H,13,18)(H,14,15,16). The second kappa shape index (κ2) is 6.79. The molecule has 0 aliphatic heterocycles. The molecule has 2 N–H and O–H groups in total. The molecule has 0 saturated heterocycles. The van der Waals surface area contributed by atoms with E-state index in [1.54, 1.807) is 24.7 Å². The van der Waals surface area contributed by atoms with Gasteiger partial charge in [-0.3, -0.25) is 4.79 Å². The highest BCUT2D eigenvalue weighted by Crippen LogP contribution is 2.12. The molecular formula is C12H15N5OS. The van der Waals surface area contributed by atoms with Crippen molar-refractivity contribution in [1.29, 1.82) is 0 Å². The zero-order valence-electron chi connectivity index (χ0n) is 10.6. The fourth-order valence-electron chi connectivity index (χ4n) is 1.41. The molecule has 2 heterocycles. The van der Waals surface area contributed by atoms with Gasteiger partial charge in [-0.1, -0.05) is 6.92 Å². The maximum atomic E-state index is 11.8. The van der Waals surface area contributed by atoms with Crippen LogP contribution in [-0.2, 0) is 6.42 Å². The molecule has 100 valence electrons. The van der Waals surface area contributed by atoms with Crippen LogP contribution in [0.4, 0.5) is 5.95 Å². The van der Waals surface area contributed by atoms with Crippen LogP contribution < -0.4 is 10.6 Å². The summed E-state index contributed by atoms with van der Waals surface area (Å²) in [5.74, 6) is 0.468. The predicted molar refractivity (Wildman–Crippen MR) is 74.3 cm³/mol.